The topological polar surface area (TPSA) is 94.9 Å². The lowest BCUT2D eigenvalue weighted by Crippen LogP contribution is -2.55. The zero-order valence-electron chi connectivity index (χ0n) is 18.2. The quantitative estimate of drug-likeness (QED) is 0.723. The van der Waals surface area contributed by atoms with Gasteiger partial charge >= 0.3 is 0 Å². The third kappa shape index (κ3) is 5.56. The zero-order chi connectivity index (χ0) is 22.3. The lowest BCUT2D eigenvalue weighted by Gasteiger charge is -2.37. The Kier molecular flexibility index (Phi) is 7.21. The zero-order valence-corrected chi connectivity index (χ0v) is 18.2. The second-order valence-corrected chi connectivity index (χ2v) is 8.46. The Bertz CT molecular complexity index is 907. The van der Waals surface area contributed by atoms with Crippen molar-refractivity contribution in [2.45, 2.75) is 44.2 Å². The minimum atomic E-state index is -0.462. The summed E-state index contributed by atoms with van der Waals surface area (Å²) in [6, 6.07) is 12.3. The Labute approximate surface area is 187 Å². The molecule has 2 aliphatic heterocycles. The SMILES string of the molecule is O=C(CN1CCC(NC(=O)C2CCCCN2C(=O)c2ccco2)CC1)Nc1ccccc1. The summed E-state index contributed by atoms with van der Waals surface area (Å²) in [5, 5.41) is 6.05. The molecule has 0 saturated carbocycles. The standard InChI is InChI=1S/C24H30N4O4/c29-22(25-18-7-2-1-3-8-18)17-27-14-11-19(12-15-27)26-23(30)20-9-4-5-13-28(20)24(31)21-10-6-16-32-21/h1-3,6-8,10,16,19-20H,4-5,9,11-15,17H2,(H,25,29)(H,26,30). The molecule has 3 amide bonds. The summed E-state index contributed by atoms with van der Waals surface area (Å²) >= 11 is 0. The van der Waals surface area contributed by atoms with Crippen LogP contribution in [0.15, 0.2) is 53.1 Å². The molecule has 8 heteroatoms. The number of anilines is 1. The van der Waals surface area contributed by atoms with Crippen molar-refractivity contribution in [2.75, 3.05) is 31.5 Å². The Balaban J connectivity index is 1.24. The summed E-state index contributed by atoms with van der Waals surface area (Å²) in [5.41, 5.74) is 0.792. The minimum absolute atomic E-state index is 0.0343. The fourth-order valence-corrected chi connectivity index (χ4v) is 4.45. The summed E-state index contributed by atoms with van der Waals surface area (Å²) in [7, 11) is 0. The molecule has 2 aliphatic rings. The summed E-state index contributed by atoms with van der Waals surface area (Å²) < 4.78 is 5.25. The first-order valence-electron chi connectivity index (χ1n) is 11.3. The molecule has 0 radical (unpaired) electrons. The molecule has 4 rings (SSSR count). The summed E-state index contributed by atoms with van der Waals surface area (Å²) in [6.07, 6.45) is 5.51. The molecule has 1 aromatic heterocycles. The molecule has 1 aromatic carbocycles. The summed E-state index contributed by atoms with van der Waals surface area (Å²) in [4.78, 5) is 41.8. The molecule has 2 aromatic rings. The van der Waals surface area contributed by atoms with Crippen LogP contribution in [0.1, 0.15) is 42.7 Å². The van der Waals surface area contributed by atoms with Gasteiger partial charge in [0.15, 0.2) is 5.76 Å². The molecule has 1 atom stereocenters. The van der Waals surface area contributed by atoms with E-state index in [1.807, 2.05) is 30.3 Å². The molecule has 0 aliphatic carbocycles. The van der Waals surface area contributed by atoms with Gasteiger partial charge in [0, 0.05) is 31.4 Å². The van der Waals surface area contributed by atoms with Crippen LogP contribution < -0.4 is 10.6 Å². The van der Waals surface area contributed by atoms with Crippen molar-refractivity contribution < 1.29 is 18.8 Å². The highest BCUT2D eigenvalue weighted by molar-refractivity contribution is 5.95. The second-order valence-electron chi connectivity index (χ2n) is 8.46. The number of furan rings is 1. The van der Waals surface area contributed by atoms with E-state index >= 15 is 0 Å². The van der Waals surface area contributed by atoms with E-state index in [0.29, 0.717) is 19.5 Å². The minimum Gasteiger partial charge on any atom is -0.459 e. The number of para-hydroxylation sites is 1. The van der Waals surface area contributed by atoms with Gasteiger partial charge in [-0.25, -0.2) is 0 Å². The lowest BCUT2D eigenvalue weighted by molar-refractivity contribution is -0.128. The van der Waals surface area contributed by atoms with Crippen molar-refractivity contribution in [3.05, 3.63) is 54.5 Å². The number of carbonyl (C=O) groups is 3. The molecule has 2 fully saturated rings. The molecule has 1 unspecified atom stereocenters. The van der Waals surface area contributed by atoms with E-state index in [0.717, 1.165) is 44.5 Å². The van der Waals surface area contributed by atoms with Crippen molar-refractivity contribution in [1.82, 2.24) is 15.1 Å². The first-order valence-corrected chi connectivity index (χ1v) is 11.3. The van der Waals surface area contributed by atoms with Gasteiger partial charge in [0.1, 0.15) is 6.04 Å². The molecular weight excluding hydrogens is 408 g/mol. The van der Waals surface area contributed by atoms with Gasteiger partial charge in [0.05, 0.1) is 12.8 Å². The average Bonchev–Trinajstić information content (AvgIpc) is 3.35. The highest BCUT2D eigenvalue weighted by Gasteiger charge is 2.35. The normalized spacial score (nSPS) is 20.0. The van der Waals surface area contributed by atoms with Crippen LogP contribution in [-0.2, 0) is 9.59 Å². The van der Waals surface area contributed by atoms with E-state index in [4.69, 9.17) is 4.42 Å². The van der Waals surface area contributed by atoms with E-state index < -0.39 is 6.04 Å². The van der Waals surface area contributed by atoms with Gasteiger partial charge in [-0.05, 0) is 56.4 Å². The Morgan fingerprint density at radius 2 is 1.72 bits per heavy atom. The van der Waals surface area contributed by atoms with E-state index in [-0.39, 0.29) is 29.5 Å². The third-order valence-corrected chi connectivity index (χ3v) is 6.16. The number of hydrogen-bond donors (Lipinski definition) is 2. The van der Waals surface area contributed by atoms with Crippen molar-refractivity contribution in [3.63, 3.8) is 0 Å². The number of benzene rings is 1. The number of piperidine rings is 2. The highest BCUT2D eigenvalue weighted by Crippen LogP contribution is 2.21. The van der Waals surface area contributed by atoms with Gasteiger partial charge < -0.3 is 20.0 Å². The number of amides is 3. The summed E-state index contributed by atoms with van der Waals surface area (Å²) in [5.74, 6) is -0.0845. The molecule has 170 valence electrons. The number of likely N-dealkylation sites (tertiary alicyclic amines) is 2. The smallest absolute Gasteiger partial charge is 0.290 e. The Morgan fingerprint density at radius 1 is 0.938 bits per heavy atom. The van der Waals surface area contributed by atoms with Crippen LogP contribution in [0.3, 0.4) is 0 Å². The Morgan fingerprint density at radius 3 is 2.44 bits per heavy atom. The molecule has 32 heavy (non-hydrogen) atoms. The average molecular weight is 439 g/mol. The highest BCUT2D eigenvalue weighted by atomic mass is 16.3. The molecule has 0 bridgehead atoms. The molecule has 3 heterocycles. The van der Waals surface area contributed by atoms with E-state index in [2.05, 4.69) is 15.5 Å². The monoisotopic (exact) mass is 438 g/mol. The van der Waals surface area contributed by atoms with Gasteiger partial charge in [-0.15, -0.1) is 0 Å². The third-order valence-electron chi connectivity index (χ3n) is 6.16. The number of nitrogens with zero attached hydrogens (tertiary/aromatic N) is 2. The number of rotatable bonds is 6. The van der Waals surface area contributed by atoms with Gasteiger partial charge in [0.25, 0.3) is 5.91 Å². The molecule has 0 spiro atoms. The first-order chi connectivity index (χ1) is 15.6. The van der Waals surface area contributed by atoms with Gasteiger partial charge in [-0.3, -0.25) is 19.3 Å². The lowest BCUT2D eigenvalue weighted by atomic mass is 9.99. The van der Waals surface area contributed by atoms with Crippen molar-refractivity contribution in [2.24, 2.45) is 0 Å². The van der Waals surface area contributed by atoms with Crippen LogP contribution in [0.25, 0.3) is 0 Å². The predicted molar refractivity (Wildman–Crippen MR) is 120 cm³/mol. The van der Waals surface area contributed by atoms with E-state index in [1.165, 1.54) is 6.26 Å². The van der Waals surface area contributed by atoms with Crippen LogP contribution in [0.2, 0.25) is 0 Å². The van der Waals surface area contributed by atoms with Gasteiger partial charge in [-0.2, -0.15) is 0 Å². The van der Waals surface area contributed by atoms with Crippen LogP contribution in [0.5, 0.6) is 0 Å². The Hall–Kier alpha value is -3.13. The first kappa shape index (κ1) is 22.1. The maximum Gasteiger partial charge on any atom is 0.290 e. The summed E-state index contributed by atoms with van der Waals surface area (Å²) in [6.45, 7) is 2.38. The maximum absolute atomic E-state index is 13.0. The number of hydrogen-bond acceptors (Lipinski definition) is 5. The molecule has 2 saturated heterocycles. The van der Waals surface area contributed by atoms with Crippen LogP contribution in [0, 0.1) is 0 Å². The molecule has 8 nitrogen and oxygen atoms in total. The van der Waals surface area contributed by atoms with Gasteiger partial charge in [-0.1, -0.05) is 18.2 Å². The fourth-order valence-electron chi connectivity index (χ4n) is 4.45. The van der Waals surface area contributed by atoms with E-state index in [1.54, 1.807) is 17.0 Å². The molecule has 2 N–H and O–H groups in total. The predicted octanol–water partition coefficient (Wildman–Crippen LogP) is 2.49. The fraction of sp³-hybridized carbons (Fsp3) is 0.458. The van der Waals surface area contributed by atoms with Gasteiger partial charge in [0.2, 0.25) is 11.8 Å². The maximum atomic E-state index is 13.0. The largest absolute Gasteiger partial charge is 0.459 e. The van der Waals surface area contributed by atoms with Crippen molar-refractivity contribution >= 4 is 23.4 Å². The second kappa shape index (κ2) is 10.5. The van der Waals surface area contributed by atoms with Crippen molar-refractivity contribution in [3.8, 4) is 0 Å². The number of carbonyl (C=O) groups excluding carboxylic acids is 3. The van der Waals surface area contributed by atoms with Crippen LogP contribution >= 0.6 is 0 Å². The molecular formula is C24H30N4O4. The van der Waals surface area contributed by atoms with Crippen molar-refractivity contribution in [1.29, 1.82) is 0 Å². The van der Waals surface area contributed by atoms with Crippen LogP contribution in [0.4, 0.5) is 5.69 Å². The van der Waals surface area contributed by atoms with Crippen LogP contribution in [-0.4, -0.2) is 65.8 Å². The van der Waals surface area contributed by atoms with E-state index in [9.17, 15) is 14.4 Å². The number of nitrogens with one attached hydrogen (secondary N) is 2.